The van der Waals surface area contributed by atoms with E-state index in [1.807, 2.05) is 23.1 Å². The minimum atomic E-state index is -0.150. The second kappa shape index (κ2) is 8.21. The SMILES string of the molecule is CC(=O)N(C)c1cnn(C(=O)N2CCC3(CCN(Cc4c(Cl)cccc4Cl)C3)C2)c1. The fourth-order valence-electron chi connectivity index (χ4n) is 4.42. The van der Waals surface area contributed by atoms with Crippen molar-refractivity contribution in [1.29, 1.82) is 0 Å². The standard InChI is InChI=1S/C21H25Cl2N5O2/c1-15(29)25(2)16-10-24-28(11-16)20(30)27-9-7-21(14-27)6-8-26(13-21)12-17-18(22)4-3-5-19(17)23/h3-5,10-11H,6-9,12-14H2,1-2H3. The molecule has 30 heavy (non-hydrogen) atoms. The lowest BCUT2D eigenvalue weighted by molar-refractivity contribution is -0.116. The molecule has 2 amide bonds. The summed E-state index contributed by atoms with van der Waals surface area (Å²) in [6.45, 7) is 5.47. The van der Waals surface area contributed by atoms with Gasteiger partial charge < -0.3 is 9.80 Å². The monoisotopic (exact) mass is 449 g/mol. The molecule has 1 atom stereocenters. The van der Waals surface area contributed by atoms with Gasteiger partial charge >= 0.3 is 6.03 Å². The summed E-state index contributed by atoms with van der Waals surface area (Å²) in [4.78, 5) is 30.2. The number of aromatic nitrogens is 2. The molecule has 0 bridgehead atoms. The second-order valence-electron chi connectivity index (χ2n) is 8.34. The van der Waals surface area contributed by atoms with Crippen molar-refractivity contribution in [3.05, 3.63) is 46.2 Å². The second-order valence-corrected chi connectivity index (χ2v) is 9.15. The lowest BCUT2D eigenvalue weighted by Gasteiger charge is -2.25. The quantitative estimate of drug-likeness (QED) is 0.715. The van der Waals surface area contributed by atoms with E-state index in [4.69, 9.17) is 23.2 Å². The summed E-state index contributed by atoms with van der Waals surface area (Å²) in [7, 11) is 1.66. The van der Waals surface area contributed by atoms with Gasteiger partial charge in [0, 0.05) is 61.2 Å². The number of nitrogens with zero attached hydrogens (tertiary/aromatic N) is 5. The van der Waals surface area contributed by atoms with Crippen molar-refractivity contribution in [3.63, 3.8) is 0 Å². The van der Waals surface area contributed by atoms with Crippen molar-refractivity contribution in [3.8, 4) is 0 Å². The van der Waals surface area contributed by atoms with E-state index in [2.05, 4.69) is 10.00 Å². The van der Waals surface area contributed by atoms with Gasteiger partial charge in [-0.15, -0.1) is 0 Å². The van der Waals surface area contributed by atoms with Crippen LogP contribution in [-0.2, 0) is 11.3 Å². The third-order valence-corrected chi connectivity index (χ3v) is 7.00. The zero-order valence-electron chi connectivity index (χ0n) is 17.1. The number of anilines is 1. The number of halogens is 2. The summed E-state index contributed by atoms with van der Waals surface area (Å²) in [6, 6.07) is 5.44. The van der Waals surface area contributed by atoms with Gasteiger partial charge in [-0.05, 0) is 31.5 Å². The number of hydrogen-bond acceptors (Lipinski definition) is 4. The van der Waals surface area contributed by atoms with E-state index < -0.39 is 0 Å². The van der Waals surface area contributed by atoms with Crippen LogP contribution in [0.25, 0.3) is 0 Å². The molecule has 1 aromatic carbocycles. The average Bonchev–Trinajstić information content (AvgIpc) is 3.45. The molecule has 0 radical (unpaired) electrons. The lowest BCUT2D eigenvalue weighted by Crippen LogP contribution is -2.36. The van der Waals surface area contributed by atoms with E-state index in [-0.39, 0.29) is 17.4 Å². The fourth-order valence-corrected chi connectivity index (χ4v) is 4.94. The Kier molecular flexibility index (Phi) is 5.79. The van der Waals surface area contributed by atoms with Crippen molar-refractivity contribution >= 4 is 40.8 Å². The first-order valence-electron chi connectivity index (χ1n) is 10.0. The van der Waals surface area contributed by atoms with Crippen LogP contribution in [0.5, 0.6) is 0 Å². The van der Waals surface area contributed by atoms with Crippen LogP contribution in [0.1, 0.15) is 25.3 Å². The molecule has 3 heterocycles. The Morgan fingerprint density at radius 3 is 2.57 bits per heavy atom. The first-order valence-corrected chi connectivity index (χ1v) is 10.8. The minimum Gasteiger partial charge on any atom is -0.322 e. The number of likely N-dealkylation sites (tertiary alicyclic amines) is 2. The van der Waals surface area contributed by atoms with Crippen LogP contribution >= 0.6 is 23.2 Å². The molecule has 2 aliphatic rings. The molecule has 2 saturated heterocycles. The van der Waals surface area contributed by atoms with Crippen molar-refractivity contribution < 1.29 is 9.59 Å². The van der Waals surface area contributed by atoms with E-state index in [1.54, 1.807) is 13.2 Å². The first-order chi connectivity index (χ1) is 14.3. The van der Waals surface area contributed by atoms with E-state index in [0.717, 1.165) is 31.5 Å². The summed E-state index contributed by atoms with van der Waals surface area (Å²) in [6.07, 6.45) is 5.15. The maximum Gasteiger partial charge on any atom is 0.344 e. The molecular weight excluding hydrogens is 425 g/mol. The van der Waals surface area contributed by atoms with Gasteiger partial charge in [0.2, 0.25) is 5.91 Å². The van der Waals surface area contributed by atoms with E-state index in [0.29, 0.717) is 35.4 Å². The molecule has 4 rings (SSSR count). The van der Waals surface area contributed by atoms with Crippen LogP contribution in [0.4, 0.5) is 10.5 Å². The van der Waals surface area contributed by atoms with Crippen molar-refractivity contribution in [2.45, 2.75) is 26.3 Å². The number of rotatable bonds is 3. The van der Waals surface area contributed by atoms with Gasteiger partial charge in [-0.1, -0.05) is 29.3 Å². The maximum atomic E-state index is 12.9. The van der Waals surface area contributed by atoms with Gasteiger partial charge in [-0.3, -0.25) is 9.69 Å². The molecule has 2 aliphatic heterocycles. The molecule has 7 nitrogen and oxygen atoms in total. The van der Waals surface area contributed by atoms with Gasteiger partial charge in [0.05, 0.1) is 18.1 Å². The summed E-state index contributed by atoms with van der Waals surface area (Å²) in [5.41, 5.74) is 1.66. The van der Waals surface area contributed by atoms with E-state index in [9.17, 15) is 9.59 Å². The van der Waals surface area contributed by atoms with Crippen molar-refractivity contribution in [1.82, 2.24) is 19.6 Å². The van der Waals surface area contributed by atoms with Gasteiger partial charge in [-0.25, -0.2) is 4.79 Å². The Morgan fingerprint density at radius 1 is 1.17 bits per heavy atom. The molecule has 160 valence electrons. The zero-order valence-corrected chi connectivity index (χ0v) is 18.7. The number of hydrogen-bond donors (Lipinski definition) is 0. The van der Waals surface area contributed by atoms with Crippen LogP contribution < -0.4 is 4.90 Å². The minimum absolute atomic E-state index is 0.0928. The first kappa shape index (κ1) is 21.2. The Balaban J connectivity index is 1.39. The summed E-state index contributed by atoms with van der Waals surface area (Å²) in [5, 5.41) is 5.54. The molecule has 2 aromatic rings. The Labute approximate surface area is 186 Å². The predicted molar refractivity (Wildman–Crippen MR) is 117 cm³/mol. The molecule has 2 fully saturated rings. The zero-order chi connectivity index (χ0) is 21.5. The van der Waals surface area contributed by atoms with Gasteiger partial charge in [-0.2, -0.15) is 9.78 Å². The molecule has 0 N–H and O–H groups in total. The number of carbonyl (C=O) groups excluding carboxylic acids is 2. The van der Waals surface area contributed by atoms with Gasteiger partial charge in [0.25, 0.3) is 0 Å². The summed E-state index contributed by atoms with van der Waals surface area (Å²) < 4.78 is 1.32. The highest BCUT2D eigenvalue weighted by atomic mass is 35.5. The number of carbonyl (C=O) groups is 2. The topological polar surface area (TPSA) is 61.7 Å². The fraction of sp³-hybridized carbons (Fsp3) is 0.476. The third kappa shape index (κ3) is 4.06. The number of amides is 2. The van der Waals surface area contributed by atoms with Gasteiger partial charge in [0.15, 0.2) is 0 Å². The van der Waals surface area contributed by atoms with Crippen LogP contribution in [0.15, 0.2) is 30.6 Å². The largest absolute Gasteiger partial charge is 0.344 e. The highest BCUT2D eigenvalue weighted by Gasteiger charge is 2.45. The number of benzene rings is 1. The Hall–Kier alpha value is -2.09. The van der Waals surface area contributed by atoms with Crippen LogP contribution in [0.3, 0.4) is 0 Å². The molecule has 0 saturated carbocycles. The van der Waals surface area contributed by atoms with Crippen LogP contribution in [-0.4, -0.2) is 64.7 Å². The molecule has 0 aliphatic carbocycles. The average molecular weight is 450 g/mol. The Morgan fingerprint density at radius 2 is 1.87 bits per heavy atom. The molecule has 9 heteroatoms. The highest BCUT2D eigenvalue weighted by Crippen LogP contribution is 2.41. The van der Waals surface area contributed by atoms with Crippen molar-refractivity contribution in [2.24, 2.45) is 5.41 Å². The van der Waals surface area contributed by atoms with Crippen LogP contribution in [0, 0.1) is 5.41 Å². The smallest absolute Gasteiger partial charge is 0.322 e. The normalized spacial score (nSPS) is 21.5. The molecular formula is C21H25Cl2N5O2. The lowest BCUT2D eigenvalue weighted by atomic mass is 9.86. The van der Waals surface area contributed by atoms with Gasteiger partial charge in [0.1, 0.15) is 0 Å². The predicted octanol–water partition coefficient (Wildman–Crippen LogP) is 3.74. The van der Waals surface area contributed by atoms with Crippen molar-refractivity contribution in [2.75, 3.05) is 38.1 Å². The molecule has 1 aromatic heterocycles. The molecule has 1 unspecified atom stereocenters. The van der Waals surface area contributed by atoms with Crippen LogP contribution in [0.2, 0.25) is 10.0 Å². The van der Waals surface area contributed by atoms with E-state index >= 15 is 0 Å². The summed E-state index contributed by atoms with van der Waals surface area (Å²) >= 11 is 12.7. The summed E-state index contributed by atoms with van der Waals surface area (Å²) in [5.74, 6) is -0.105. The third-order valence-electron chi connectivity index (χ3n) is 6.29. The highest BCUT2D eigenvalue weighted by molar-refractivity contribution is 6.35. The molecule has 1 spiro atoms. The van der Waals surface area contributed by atoms with E-state index in [1.165, 1.54) is 22.7 Å². The maximum absolute atomic E-state index is 12.9. The Bertz CT molecular complexity index is 958.